The molecular weight excluding hydrogens is 226 g/mol. The normalized spacial score (nSPS) is 21.6. The summed E-state index contributed by atoms with van der Waals surface area (Å²) in [7, 11) is 0. The van der Waals surface area contributed by atoms with E-state index in [4.69, 9.17) is 0 Å². The molecule has 1 heterocycles. The smallest absolute Gasteiger partial charge is 0.228 e. The Labute approximate surface area is 106 Å². The third kappa shape index (κ3) is 2.14. The first-order valence-electron chi connectivity index (χ1n) is 6.16. The lowest BCUT2D eigenvalue weighted by Crippen LogP contribution is -2.15. The largest absolute Gasteiger partial charge is 0.309 e. The van der Waals surface area contributed by atoms with Crippen LogP contribution in [-0.4, -0.2) is 15.7 Å². The molecule has 0 saturated heterocycles. The van der Waals surface area contributed by atoms with Crippen molar-refractivity contribution in [2.45, 2.75) is 13.3 Å². The quantitative estimate of drug-likeness (QED) is 0.897. The van der Waals surface area contributed by atoms with E-state index in [9.17, 15) is 4.79 Å². The van der Waals surface area contributed by atoms with Crippen molar-refractivity contribution in [3.8, 4) is 5.69 Å². The summed E-state index contributed by atoms with van der Waals surface area (Å²) in [6, 6.07) is 11.6. The third-order valence-electron chi connectivity index (χ3n) is 3.31. The van der Waals surface area contributed by atoms with E-state index in [0.29, 0.717) is 11.7 Å². The summed E-state index contributed by atoms with van der Waals surface area (Å²) in [5.41, 5.74) is 0.984. The second kappa shape index (κ2) is 4.29. The molecule has 1 aliphatic rings. The van der Waals surface area contributed by atoms with Gasteiger partial charge in [-0.3, -0.25) is 4.79 Å². The zero-order chi connectivity index (χ0) is 12.5. The standard InChI is InChI=1S/C14H15N3O/c1-10-9-12(10)14(18)15-13-7-8-17(16-13)11-5-3-2-4-6-11/h2-8,10,12H,9H2,1H3,(H,15,16,18). The van der Waals surface area contributed by atoms with Gasteiger partial charge >= 0.3 is 0 Å². The van der Waals surface area contributed by atoms with Gasteiger partial charge in [-0.1, -0.05) is 25.1 Å². The second-order valence-electron chi connectivity index (χ2n) is 4.79. The topological polar surface area (TPSA) is 46.9 Å². The van der Waals surface area contributed by atoms with Crippen molar-refractivity contribution in [1.29, 1.82) is 0 Å². The lowest BCUT2D eigenvalue weighted by molar-refractivity contribution is -0.117. The SMILES string of the molecule is CC1CC1C(=O)Nc1ccn(-c2ccccc2)n1. The molecule has 1 aromatic heterocycles. The Morgan fingerprint density at radius 1 is 1.33 bits per heavy atom. The molecule has 0 radical (unpaired) electrons. The van der Waals surface area contributed by atoms with E-state index in [1.165, 1.54) is 0 Å². The highest BCUT2D eigenvalue weighted by atomic mass is 16.2. The van der Waals surface area contributed by atoms with Gasteiger partial charge in [-0.05, 0) is 24.5 Å². The zero-order valence-electron chi connectivity index (χ0n) is 10.2. The van der Waals surface area contributed by atoms with Crippen LogP contribution < -0.4 is 5.32 Å². The van der Waals surface area contributed by atoms with Crippen LogP contribution in [-0.2, 0) is 4.79 Å². The molecule has 18 heavy (non-hydrogen) atoms. The van der Waals surface area contributed by atoms with Crippen molar-refractivity contribution in [2.75, 3.05) is 5.32 Å². The van der Waals surface area contributed by atoms with Crippen LogP contribution in [0.1, 0.15) is 13.3 Å². The Bertz CT molecular complexity index is 561. The van der Waals surface area contributed by atoms with Gasteiger partial charge in [0.2, 0.25) is 5.91 Å². The number of amides is 1. The Morgan fingerprint density at radius 2 is 2.06 bits per heavy atom. The Morgan fingerprint density at radius 3 is 2.72 bits per heavy atom. The van der Waals surface area contributed by atoms with Gasteiger partial charge in [0, 0.05) is 18.2 Å². The van der Waals surface area contributed by atoms with E-state index in [1.807, 2.05) is 42.6 Å². The molecule has 2 unspecified atom stereocenters. The molecule has 1 fully saturated rings. The molecule has 2 aromatic rings. The van der Waals surface area contributed by atoms with Crippen LogP contribution in [0.15, 0.2) is 42.6 Å². The molecule has 1 aliphatic carbocycles. The van der Waals surface area contributed by atoms with Crippen LogP contribution in [0.2, 0.25) is 0 Å². The van der Waals surface area contributed by atoms with E-state index in [-0.39, 0.29) is 11.8 Å². The number of anilines is 1. The molecule has 1 N–H and O–H groups in total. The Kier molecular flexibility index (Phi) is 2.63. The second-order valence-corrected chi connectivity index (χ2v) is 4.79. The number of nitrogens with one attached hydrogen (secondary N) is 1. The number of nitrogens with zero attached hydrogens (tertiary/aromatic N) is 2. The first-order valence-corrected chi connectivity index (χ1v) is 6.16. The summed E-state index contributed by atoms with van der Waals surface area (Å²) in [6.07, 6.45) is 2.84. The predicted octanol–water partition coefficient (Wildman–Crippen LogP) is 2.47. The molecule has 4 nitrogen and oxygen atoms in total. The fourth-order valence-electron chi connectivity index (χ4n) is 2.02. The highest BCUT2D eigenvalue weighted by Gasteiger charge is 2.39. The van der Waals surface area contributed by atoms with Gasteiger partial charge in [0.05, 0.1) is 5.69 Å². The van der Waals surface area contributed by atoms with E-state index in [2.05, 4.69) is 17.3 Å². The van der Waals surface area contributed by atoms with E-state index >= 15 is 0 Å². The lowest BCUT2D eigenvalue weighted by Gasteiger charge is -2.01. The van der Waals surface area contributed by atoms with Gasteiger partial charge in [0.25, 0.3) is 0 Å². The molecule has 1 amide bonds. The average Bonchev–Trinajstić information content (AvgIpc) is 2.95. The van der Waals surface area contributed by atoms with Crippen molar-refractivity contribution in [1.82, 2.24) is 9.78 Å². The molecule has 0 aliphatic heterocycles. The molecular formula is C14H15N3O. The fourth-order valence-corrected chi connectivity index (χ4v) is 2.02. The molecule has 92 valence electrons. The number of hydrogen-bond donors (Lipinski definition) is 1. The summed E-state index contributed by atoms with van der Waals surface area (Å²) in [5, 5.41) is 7.19. The lowest BCUT2D eigenvalue weighted by atomic mass is 10.3. The number of aromatic nitrogens is 2. The number of para-hydroxylation sites is 1. The van der Waals surface area contributed by atoms with Gasteiger partial charge in [-0.15, -0.1) is 0 Å². The molecule has 2 atom stereocenters. The van der Waals surface area contributed by atoms with Gasteiger partial charge in [0.1, 0.15) is 0 Å². The maximum absolute atomic E-state index is 11.8. The van der Waals surface area contributed by atoms with Crippen LogP contribution in [0.5, 0.6) is 0 Å². The summed E-state index contributed by atoms with van der Waals surface area (Å²) < 4.78 is 1.76. The van der Waals surface area contributed by atoms with Crippen LogP contribution in [0, 0.1) is 11.8 Å². The molecule has 4 heteroatoms. The van der Waals surface area contributed by atoms with Crippen LogP contribution in [0.4, 0.5) is 5.82 Å². The van der Waals surface area contributed by atoms with Crippen LogP contribution in [0.3, 0.4) is 0 Å². The maximum Gasteiger partial charge on any atom is 0.228 e. The Hall–Kier alpha value is -2.10. The molecule has 0 spiro atoms. The first kappa shape index (κ1) is 11.0. The van der Waals surface area contributed by atoms with Crippen LogP contribution in [0.25, 0.3) is 5.69 Å². The van der Waals surface area contributed by atoms with E-state index in [1.54, 1.807) is 4.68 Å². The molecule has 1 saturated carbocycles. The average molecular weight is 241 g/mol. The summed E-state index contributed by atoms with van der Waals surface area (Å²) in [5.74, 6) is 1.39. The monoisotopic (exact) mass is 241 g/mol. The minimum Gasteiger partial charge on any atom is -0.309 e. The zero-order valence-corrected chi connectivity index (χ0v) is 10.2. The molecule has 1 aromatic carbocycles. The fraction of sp³-hybridized carbons (Fsp3) is 0.286. The van der Waals surface area contributed by atoms with Crippen molar-refractivity contribution in [3.05, 3.63) is 42.6 Å². The number of carbonyl (C=O) groups is 1. The van der Waals surface area contributed by atoms with Gasteiger partial charge in [-0.2, -0.15) is 5.10 Å². The minimum atomic E-state index is 0.0841. The number of rotatable bonds is 3. The van der Waals surface area contributed by atoms with Gasteiger partial charge in [0.15, 0.2) is 5.82 Å². The molecule has 3 rings (SSSR count). The molecule has 0 bridgehead atoms. The first-order chi connectivity index (χ1) is 8.74. The van der Waals surface area contributed by atoms with Gasteiger partial charge in [-0.25, -0.2) is 4.68 Å². The summed E-state index contributed by atoms with van der Waals surface area (Å²) in [6.45, 7) is 2.09. The Balaban J connectivity index is 1.72. The predicted molar refractivity (Wildman–Crippen MR) is 69.5 cm³/mol. The number of carbonyl (C=O) groups excluding carboxylic acids is 1. The maximum atomic E-state index is 11.8. The van der Waals surface area contributed by atoms with E-state index in [0.717, 1.165) is 12.1 Å². The van der Waals surface area contributed by atoms with E-state index < -0.39 is 0 Å². The van der Waals surface area contributed by atoms with Crippen LogP contribution >= 0.6 is 0 Å². The number of benzene rings is 1. The minimum absolute atomic E-state index is 0.0841. The van der Waals surface area contributed by atoms with Gasteiger partial charge < -0.3 is 5.32 Å². The van der Waals surface area contributed by atoms with Crippen molar-refractivity contribution >= 4 is 11.7 Å². The third-order valence-corrected chi connectivity index (χ3v) is 3.31. The highest BCUT2D eigenvalue weighted by molar-refractivity contribution is 5.93. The van der Waals surface area contributed by atoms with Crippen molar-refractivity contribution in [2.24, 2.45) is 11.8 Å². The summed E-state index contributed by atoms with van der Waals surface area (Å²) in [4.78, 5) is 11.8. The van der Waals surface area contributed by atoms with Crippen molar-refractivity contribution < 1.29 is 4.79 Å². The number of hydrogen-bond acceptors (Lipinski definition) is 2. The highest BCUT2D eigenvalue weighted by Crippen LogP contribution is 2.38. The van der Waals surface area contributed by atoms with Crippen molar-refractivity contribution in [3.63, 3.8) is 0 Å². The summed E-state index contributed by atoms with van der Waals surface area (Å²) >= 11 is 0.